The molecule has 0 spiro atoms. The molecule has 0 amide bonds. The van der Waals surface area contributed by atoms with E-state index in [2.05, 4.69) is 22.4 Å². The molecule has 0 aromatic carbocycles. The molecule has 0 aromatic heterocycles. The van der Waals surface area contributed by atoms with Gasteiger partial charge in [-0.2, -0.15) is 0 Å². The van der Waals surface area contributed by atoms with Gasteiger partial charge in [0.15, 0.2) is 6.04 Å². The van der Waals surface area contributed by atoms with E-state index in [0.29, 0.717) is 0 Å². The maximum absolute atomic E-state index is 11.6. The van der Waals surface area contributed by atoms with Gasteiger partial charge in [0.05, 0.1) is 5.16 Å². The molecular formula is C9H17NO2SSi. The Labute approximate surface area is 91.7 Å². The molecule has 5 heteroatoms. The molecule has 14 heavy (non-hydrogen) atoms. The molecule has 0 aliphatic carbocycles. The van der Waals surface area contributed by atoms with E-state index in [1.54, 1.807) is 0 Å². The van der Waals surface area contributed by atoms with Crippen LogP contribution in [-0.2, 0) is 9.22 Å². The standard InChI is InChI=1S/C9H17NO2SSi/c1-7(2)8(10-6-13)9(11)12-14(3,4)5/h7-8H,1-5H3. The average Bonchev–Trinajstić information content (AvgIpc) is 1.95. The summed E-state index contributed by atoms with van der Waals surface area (Å²) in [6.07, 6.45) is 0. The number of carbonyl (C=O) groups excluding carboxylic acids is 1. The molecule has 0 aromatic rings. The van der Waals surface area contributed by atoms with Crippen LogP contribution in [0.2, 0.25) is 19.6 Å². The van der Waals surface area contributed by atoms with Crippen LogP contribution in [-0.4, -0.2) is 25.5 Å². The van der Waals surface area contributed by atoms with Crippen molar-refractivity contribution in [2.24, 2.45) is 10.9 Å². The van der Waals surface area contributed by atoms with Crippen molar-refractivity contribution in [2.45, 2.75) is 39.5 Å². The summed E-state index contributed by atoms with van der Waals surface area (Å²) in [5.41, 5.74) is 0. The van der Waals surface area contributed by atoms with Crippen molar-refractivity contribution in [3.8, 4) is 0 Å². The summed E-state index contributed by atoms with van der Waals surface area (Å²) < 4.78 is 5.33. The van der Waals surface area contributed by atoms with Crippen LogP contribution in [0.15, 0.2) is 4.99 Å². The minimum Gasteiger partial charge on any atom is -0.518 e. The van der Waals surface area contributed by atoms with Crippen LogP contribution >= 0.6 is 12.2 Å². The van der Waals surface area contributed by atoms with Gasteiger partial charge in [0.25, 0.3) is 0 Å². The summed E-state index contributed by atoms with van der Waals surface area (Å²) in [5.74, 6) is -0.189. The highest BCUT2D eigenvalue weighted by atomic mass is 32.1. The highest BCUT2D eigenvalue weighted by Crippen LogP contribution is 2.12. The van der Waals surface area contributed by atoms with E-state index in [4.69, 9.17) is 4.43 Å². The summed E-state index contributed by atoms with van der Waals surface area (Å²) in [4.78, 5) is 15.4. The first-order chi connectivity index (χ1) is 6.28. The number of aliphatic imine (C=N–C) groups is 1. The molecule has 80 valence electrons. The summed E-state index contributed by atoms with van der Waals surface area (Å²) >= 11 is 4.49. The third kappa shape index (κ3) is 5.27. The predicted octanol–water partition coefficient (Wildman–Crippen LogP) is 2.49. The van der Waals surface area contributed by atoms with Crippen LogP contribution in [0.4, 0.5) is 0 Å². The molecule has 1 atom stereocenters. The normalized spacial score (nSPS) is 13.3. The molecule has 0 heterocycles. The molecule has 0 N–H and O–H groups in total. The summed E-state index contributed by atoms with van der Waals surface area (Å²) in [6, 6.07) is -0.501. The fourth-order valence-electron chi connectivity index (χ4n) is 0.893. The van der Waals surface area contributed by atoms with E-state index in [9.17, 15) is 4.79 Å². The molecule has 1 unspecified atom stereocenters. The van der Waals surface area contributed by atoms with Crippen LogP contribution in [0.25, 0.3) is 0 Å². The molecular weight excluding hydrogens is 214 g/mol. The Morgan fingerprint density at radius 1 is 1.43 bits per heavy atom. The summed E-state index contributed by atoms with van der Waals surface area (Å²) in [6.45, 7) is 9.70. The highest BCUT2D eigenvalue weighted by Gasteiger charge is 2.28. The first-order valence-corrected chi connectivity index (χ1v) is 8.39. The lowest BCUT2D eigenvalue weighted by molar-refractivity contribution is -0.137. The number of thiocarbonyl (C=S) groups is 1. The fourth-order valence-corrected chi connectivity index (χ4v) is 1.73. The van der Waals surface area contributed by atoms with Gasteiger partial charge in [-0.05, 0) is 37.8 Å². The first-order valence-electron chi connectivity index (χ1n) is 4.58. The highest BCUT2D eigenvalue weighted by molar-refractivity contribution is 7.78. The van der Waals surface area contributed by atoms with Crippen molar-refractivity contribution in [3.05, 3.63) is 0 Å². The topological polar surface area (TPSA) is 38.7 Å². The van der Waals surface area contributed by atoms with Gasteiger partial charge in [0, 0.05) is 0 Å². The number of hydrogen-bond donors (Lipinski definition) is 0. The van der Waals surface area contributed by atoms with Gasteiger partial charge in [-0.3, -0.25) is 4.79 Å². The quantitative estimate of drug-likeness (QED) is 0.424. The van der Waals surface area contributed by atoms with Crippen molar-refractivity contribution in [1.82, 2.24) is 0 Å². The second-order valence-electron chi connectivity index (χ2n) is 4.44. The largest absolute Gasteiger partial charge is 0.518 e. The van der Waals surface area contributed by atoms with Gasteiger partial charge in [0.1, 0.15) is 0 Å². The molecule has 0 bridgehead atoms. The molecule has 0 aliphatic heterocycles. The van der Waals surface area contributed by atoms with Crippen LogP contribution < -0.4 is 0 Å². The average molecular weight is 231 g/mol. The second kappa shape index (κ2) is 5.39. The third-order valence-electron chi connectivity index (χ3n) is 1.47. The smallest absolute Gasteiger partial charge is 0.318 e. The van der Waals surface area contributed by atoms with E-state index < -0.39 is 14.4 Å². The molecule has 0 saturated heterocycles. The maximum atomic E-state index is 11.6. The van der Waals surface area contributed by atoms with E-state index in [1.165, 1.54) is 0 Å². The lowest BCUT2D eigenvalue weighted by atomic mass is 10.1. The SMILES string of the molecule is CC(C)C(N=C=S)C(=O)O[Si](C)(C)C. The molecule has 0 fully saturated rings. The van der Waals surface area contributed by atoms with Crippen molar-refractivity contribution in [1.29, 1.82) is 0 Å². The minimum atomic E-state index is -1.83. The maximum Gasteiger partial charge on any atom is 0.318 e. The van der Waals surface area contributed by atoms with Gasteiger partial charge in [-0.25, -0.2) is 4.99 Å². The monoisotopic (exact) mass is 231 g/mol. The van der Waals surface area contributed by atoms with Crippen molar-refractivity contribution < 1.29 is 9.22 Å². The molecule has 0 rings (SSSR count). The van der Waals surface area contributed by atoms with Crippen LogP contribution in [0.5, 0.6) is 0 Å². The Morgan fingerprint density at radius 2 is 1.93 bits per heavy atom. The number of nitrogens with zero attached hydrogens (tertiary/aromatic N) is 1. The Morgan fingerprint density at radius 3 is 2.21 bits per heavy atom. The summed E-state index contributed by atoms with van der Waals surface area (Å²) in [7, 11) is -1.83. The van der Waals surface area contributed by atoms with E-state index in [1.807, 2.05) is 33.5 Å². The zero-order chi connectivity index (χ0) is 11.4. The van der Waals surface area contributed by atoms with E-state index >= 15 is 0 Å². The molecule has 3 nitrogen and oxygen atoms in total. The second-order valence-corrected chi connectivity index (χ2v) is 9.05. The molecule has 0 aliphatic rings. The Balaban J connectivity index is 4.54. The van der Waals surface area contributed by atoms with Gasteiger partial charge < -0.3 is 4.43 Å². The Hall–Kier alpha value is -0.513. The molecule has 0 radical (unpaired) electrons. The van der Waals surface area contributed by atoms with Crippen molar-refractivity contribution in [2.75, 3.05) is 0 Å². The fraction of sp³-hybridized carbons (Fsp3) is 0.778. The number of isothiocyanates is 1. The lowest BCUT2D eigenvalue weighted by Gasteiger charge is -2.21. The molecule has 0 saturated carbocycles. The number of hydrogen-bond acceptors (Lipinski definition) is 4. The minimum absolute atomic E-state index is 0.0919. The van der Waals surface area contributed by atoms with Crippen LogP contribution in [0.3, 0.4) is 0 Å². The van der Waals surface area contributed by atoms with Crippen LogP contribution in [0.1, 0.15) is 13.8 Å². The zero-order valence-corrected chi connectivity index (χ0v) is 11.1. The van der Waals surface area contributed by atoms with E-state index in [-0.39, 0.29) is 11.9 Å². The third-order valence-corrected chi connectivity index (χ3v) is 2.39. The van der Waals surface area contributed by atoms with Gasteiger partial charge in [0.2, 0.25) is 8.32 Å². The van der Waals surface area contributed by atoms with Gasteiger partial charge in [-0.1, -0.05) is 13.8 Å². The number of carbonyl (C=O) groups is 1. The van der Waals surface area contributed by atoms with Crippen molar-refractivity contribution >= 4 is 31.7 Å². The van der Waals surface area contributed by atoms with Crippen LogP contribution in [0, 0.1) is 5.92 Å². The number of rotatable bonds is 4. The summed E-state index contributed by atoms with van der Waals surface area (Å²) in [5, 5.41) is 2.24. The van der Waals surface area contributed by atoms with Gasteiger partial charge in [-0.15, -0.1) is 0 Å². The van der Waals surface area contributed by atoms with Gasteiger partial charge >= 0.3 is 5.97 Å². The lowest BCUT2D eigenvalue weighted by Crippen LogP contribution is -2.36. The van der Waals surface area contributed by atoms with E-state index in [0.717, 1.165) is 0 Å². The van der Waals surface area contributed by atoms with Crippen molar-refractivity contribution in [3.63, 3.8) is 0 Å². The zero-order valence-electron chi connectivity index (χ0n) is 9.33. The first kappa shape index (κ1) is 13.5. The Bertz CT molecular complexity index is 254. The predicted molar refractivity (Wildman–Crippen MR) is 63.1 cm³/mol. The Kier molecular flexibility index (Phi) is 5.19.